The first-order valence-corrected chi connectivity index (χ1v) is 7.31. The SMILES string of the molecule is CC1CC1(OP(=O)(O)OCc1ccccc1)C(=O)O. The largest absolute Gasteiger partial charge is 0.479 e. The number of hydrogen-bond donors (Lipinski definition) is 2. The number of carbonyl (C=O) groups is 1. The number of aliphatic carboxylic acids is 1. The summed E-state index contributed by atoms with van der Waals surface area (Å²) in [7, 11) is -4.39. The lowest BCUT2D eigenvalue weighted by Gasteiger charge is -2.17. The van der Waals surface area contributed by atoms with Gasteiger partial charge in [-0.3, -0.25) is 9.05 Å². The van der Waals surface area contributed by atoms with Crippen molar-refractivity contribution in [3.8, 4) is 0 Å². The van der Waals surface area contributed by atoms with Gasteiger partial charge in [-0.05, 0) is 17.9 Å². The molecule has 0 amide bonds. The number of phosphoric ester groups is 1. The summed E-state index contributed by atoms with van der Waals surface area (Å²) in [6, 6.07) is 8.80. The Morgan fingerprint density at radius 2 is 2.05 bits per heavy atom. The fourth-order valence-corrected chi connectivity index (χ4v) is 2.93. The molecule has 0 heterocycles. The zero-order valence-corrected chi connectivity index (χ0v) is 11.2. The fourth-order valence-electron chi connectivity index (χ4n) is 1.82. The first-order valence-electron chi connectivity index (χ1n) is 5.81. The molecule has 104 valence electrons. The molecule has 2 rings (SSSR count). The molecule has 0 aliphatic heterocycles. The third-order valence-electron chi connectivity index (χ3n) is 3.12. The molecule has 1 fully saturated rings. The number of phosphoric acid groups is 1. The molecule has 1 aromatic carbocycles. The topological polar surface area (TPSA) is 93.1 Å². The molecule has 1 aliphatic rings. The molecule has 2 N–H and O–H groups in total. The molecule has 0 spiro atoms. The zero-order valence-electron chi connectivity index (χ0n) is 10.4. The Morgan fingerprint density at radius 1 is 1.47 bits per heavy atom. The lowest BCUT2D eigenvalue weighted by Crippen LogP contribution is -2.27. The molecule has 19 heavy (non-hydrogen) atoms. The van der Waals surface area contributed by atoms with Gasteiger partial charge in [0.25, 0.3) is 0 Å². The van der Waals surface area contributed by atoms with E-state index in [1.807, 2.05) is 6.07 Å². The number of hydrogen-bond acceptors (Lipinski definition) is 4. The predicted octanol–water partition coefficient (Wildman–Crippen LogP) is 2.18. The van der Waals surface area contributed by atoms with Crippen LogP contribution < -0.4 is 0 Å². The Bertz CT molecular complexity index is 516. The fraction of sp³-hybridized carbons (Fsp3) is 0.417. The van der Waals surface area contributed by atoms with Gasteiger partial charge in [0.1, 0.15) is 0 Å². The van der Waals surface area contributed by atoms with Gasteiger partial charge in [-0.25, -0.2) is 9.36 Å². The maximum absolute atomic E-state index is 11.7. The Balaban J connectivity index is 1.96. The molecule has 0 aromatic heterocycles. The maximum Gasteiger partial charge on any atom is 0.473 e. The van der Waals surface area contributed by atoms with E-state index in [1.165, 1.54) is 0 Å². The smallest absolute Gasteiger partial charge is 0.473 e. The van der Waals surface area contributed by atoms with Gasteiger partial charge in [-0.1, -0.05) is 37.3 Å². The number of carboxylic acid groups (broad SMARTS) is 1. The van der Waals surface area contributed by atoms with E-state index in [0.717, 1.165) is 0 Å². The van der Waals surface area contributed by atoms with E-state index in [4.69, 9.17) is 14.2 Å². The Morgan fingerprint density at radius 3 is 2.53 bits per heavy atom. The third kappa shape index (κ3) is 3.22. The third-order valence-corrected chi connectivity index (χ3v) is 4.13. The summed E-state index contributed by atoms with van der Waals surface area (Å²) >= 11 is 0. The van der Waals surface area contributed by atoms with Gasteiger partial charge in [-0.2, -0.15) is 0 Å². The van der Waals surface area contributed by atoms with Crippen LogP contribution in [0.1, 0.15) is 18.9 Å². The molecule has 3 atom stereocenters. The minimum Gasteiger partial charge on any atom is -0.479 e. The first kappa shape index (κ1) is 14.2. The highest BCUT2D eigenvalue weighted by Crippen LogP contribution is 2.58. The normalized spacial score (nSPS) is 28.6. The number of benzene rings is 1. The van der Waals surface area contributed by atoms with Crippen LogP contribution in [-0.2, 0) is 25.0 Å². The predicted molar refractivity (Wildman–Crippen MR) is 66.3 cm³/mol. The highest BCUT2D eigenvalue weighted by Gasteiger charge is 2.63. The minimum atomic E-state index is -4.39. The number of rotatable bonds is 6. The highest BCUT2D eigenvalue weighted by atomic mass is 31.2. The van der Waals surface area contributed by atoms with Crippen molar-refractivity contribution in [2.45, 2.75) is 25.6 Å². The highest BCUT2D eigenvalue weighted by molar-refractivity contribution is 7.47. The van der Waals surface area contributed by atoms with Crippen LogP contribution in [0.3, 0.4) is 0 Å². The molecule has 1 saturated carbocycles. The van der Waals surface area contributed by atoms with Gasteiger partial charge < -0.3 is 10.00 Å². The zero-order chi connectivity index (χ0) is 14.1. The first-order chi connectivity index (χ1) is 8.86. The van der Waals surface area contributed by atoms with Gasteiger partial charge in [-0.15, -0.1) is 0 Å². The quantitative estimate of drug-likeness (QED) is 0.778. The van der Waals surface area contributed by atoms with Crippen LogP contribution in [0.2, 0.25) is 0 Å². The van der Waals surface area contributed by atoms with Gasteiger partial charge in [0.05, 0.1) is 6.61 Å². The summed E-state index contributed by atoms with van der Waals surface area (Å²) < 4.78 is 21.4. The maximum atomic E-state index is 11.7. The average molecular weight is 286 g/mol. The Kier molecular flexibility index (Phi) is 3.78. The van der Waals surface area contributed by atoms with Crippen LogP contribution in [0.25, 0.3) is 0 Å². The second-order valence-electron chi connectivity index (χ2n) is 4.62. The van der Waals surface area contributed by atoms with Crippen LogP contribution in [0.5, 0.6) is 0 Å². The second kappa shape index (κ2) is 5.06. The van der Waals surface area contributed by atoms with Crippen molar-refractivity contribution in [1.82, 2.24) is 0 Å². The van der Waals surface area contributed by atoms with Crippen molar-refractivity contribution in [3.63, 3.8) is 0 Å². The van der Waals surface area contributed by atoms with Gasteiger partial charge >= 0.3 is 13.8 Å². The van der Waals surface area contributed by atoms with Crippen molar-refractivity contribution < 1.29 is 28.4 Å². The van der Waals surface area contributed by atoms with E-state index in [1.54, 1.807) is 31.2 Å². The minimum absolute atomic E-state index is 0.112. The Hall–Kier alpha value is -1.20. The van der Waals surface area contributed by atoms with Crippen LogP contribution in [-0.4, -0.2) is 21.6 Å². The standard InChI is InChI=1S/C12H15O6P/c1-9-7-12(9,11(13)14)18-19(15,16)17-8-10-5-3-2-4-6-10/h2-6,9H,7-8H2,1H3,(H,13,14)(H,15,16). The van der Waals surface area contributed by atoms with E-state index >= 15 is 0 Å². The average Bonchev–Trinajstić information content (AvgIpc) is 2.99. The van der Waals surface area contributed by atoms with Gasteiger partial charge in [0.2, 0.25) is 0 Å². The van der Waals surface area contributed by atoms with Gasteiger partial charge in [0, 0.05) is 0 Å². The van der Waals surface area contributed by atoms with Crippen LogP contribution in [0.15, 0.2) is 30.3 Å². The molecule has 7 heteroatoms. The lowest BCUT2D eigenvalue weighted by molar-refractivity contribution is -0.149. The molecule has 0 radical (unpaired) electrons. The summed E-state index contributed by atoms with van der Waals surface area (Å²) in [6.07, 6.45) is 0.210. The van der Waals surface area contributed by atoms with E-state index in [0.29, 0.717) is 5.56 Å². The Labute approximate surface area is 110 Å². The molecule has 6 nitrogen and oxygen atoms in total. The summed E-state index contributed by atoms with van der Waals surface area (Å²) in [6.45, 7) is 1.53. The van der Waals surface area contributed by atoms with Crippen molar-refractivity contribution in [2.24, 2.45) is 5.92 Å². The molecule has 1 aliphatic carbocycles. The molecule has 3 unspecified atom stereocenters. The molecular formula is C12H15O6P. The van der Waals surface area contributed by atoms with Crippen molar-refractivity contribution in [3.05, 3.63) is 35.9 Å². The van der Waals surface area contributed by atoms with Crippen molar-refractivity contribution >= 4 is 13.8 Å². The molecular weight excluding hydrogens is 271 g/mol. The van der Waals surface area contributed by atoms with Crippen molar-refractivity contribution in [1.29, 1.82) is 0 Å². The van der Waals surface area contributed by atoms with Crippen LogP contribution in [0.4, 0.5) is 0 Å². The summed E-state index contributed by atoms with van der Waals surface area (Å²) in [5.74, 6) is -1.54. The van der Waals surface area contributed by atoms with Gasteiger partial charge in [0.15, 0.2) is 5.60 Å². The van der Waals surface area contributed by atoms with E-state index in [9.17, 15) is 14.3 Å². The monoisotopic (exact) mass is 286 g/mol. The molecule has 1 aromatic rings. The number of carboxylic acids is 1. The molecule has 0 saturated heterocycles. The van der Waals surface area contributed by atoms with Crippen LogP contribution in [0, 0.1) is 5.92 Å². The molecule has 0 bridgehead atoms. The summed E-state index contributed by atoms with van der Waals surface area (Å²) in [5.41, 5.74) is -0.880. The van der Waals surface area contributed by atoms with Crippen LogP contribution >= 0.6 is 7.82 Å². The summed E-state index contributed by atoms with van der Waals surface area (Å²) in [5, 5.41) is 9.01. The van der Waals surface area contributed by atoms with Crippen molar-refractivity contribution in [2.75, 3.05) is 0 Å². The van der Waals surface area contributed by atoms with E-state index < -0.39 is 19.4 Å². The second-order valence-corrected chi connectivity index (χ2v) is 6.00. The van der Waals surface area contributed by atoms with E-state index in [-0.39, 0.29) is 18.9 Å². The summed E-state index contributed by atoms with van der Waals surface area (Å²) in [4.78, 5) is 20.6. The lowest BCUT2D eigenvalue weighted by atomic mass is 10.2. The van der Waals surface area contributed by atoms with E-state index in [2.05, 4.69) is 0 Å².